The van der Waals surface area contributed by atoms with Gasteiger partial charge in [-0.25, -0.2) is 0 Å². The van der Waals surface area contributed by atoms with Gasteiger partial charge in [-0.1, -0.05) is 0 Å². The Balaban J connectivity index is 1.80. The van der Waals surface area contributed by atoms with Crippen molar-refractivity contribution in [2.24, 2.45) is 0 Å². The SMILES string of the molecule is C[C@H]1CNCCN1C(=O)c1cccn1C1CCC1. The van der Waals surface area contributed by atoms with Crippen LogP contribution in [0.25, 0.3) is 0 Å². The fourth-order valence-corrected chi connectivity index (χ4v) is 2.85. The molecule has 1 N–H and O–H groups in total. The Hall–Kier alpha value is -1.29. The van der Waals surface area contributed by atoms with E-state index in [0.29, 0.717) is 6.04 Å². The highest BCUT2D eigenvalue weighted by Crippen LogP contribution is 2.33. The third kappa shape index (κ3) is 1.94. The summed E-state index contributed by atoms with van der Waals surface area (Å²) in [6, 6.07) is 4.81. The number of carbonyl (C=O) groups excluding carboxylic acids is 1. The van der Waals surface area contributed by atoms with Gasteiger partial charge < -0.3 is 14.8 Å². The molecule has 1 aromatic rings. The number of hydrogen-bond donors (Lipinski definition) is 1. The van der Waals surface area contributed by atoms with Crippen molar-refractivity contribution in [3.05, 3.63) is 24.0 Å². The molecule has 0 unspecified atom stereocenters. The molecule has 2 aliphatic rings. The van der Waals surface area contributed by atoms with Crippen LogP contribution >= 0.6 is 0 Å². The zero-order chi connectivity index (χ0) is 12.5. The first-order valence-electron chi connectivity index (χ1n) is 6.96. The van der Waals surface area contributed by atoms with Crippen LogP contribution < -0.4 is 5.32 Å². The molecule has 18 heavy (non-hydrogen) atoms. The monoisotopic (exact) mass is 247 g/mol. The van der Waals surface area contributed by atoms with Gasteiger partial charge in [-0.05, 0) is 38.3 Å². The molecule has 1 aliphatic carbocycles. The number of piperazine rings is 1. The van der Waals surface area contributed by atoms with Crippen LogP contribution in [0.15, 0.2) is 18.3 Å². The molecule has 0 aromatic carbocycles. The second-order valence-corrected chi connectivity index (χ2v) is 5.44. The van der Waals surface area contributed by atoms with Gasteiger partial charge in [-0.2, -0.15) is 0 Å². The van der Waals surface area contributed by atoms with Crippen LogP contribution in [0.4, 0.5) is 0 Å². The van der Waals surface area contributed by atoms with Crippen molar-refractivity contribution in [1.29, 1.82) is 0 Å². The first kappa shape index (κ1) is 11.8. The summed E-state index contributed by atoms with van der Waals surface area (Å²) in [6.07, 6.45) is 5.78. The van der Waals surface area contributed by atoms with E-state index >= 15 is 0 Å². The number of hydrogen-bond acceptors (Lipinski definition) is 2. The van der Waals surface area contributed by atoms with Crippen molar-refractivity contribution in [2.75, 3.05) is 19.6 Å². The summed E-state index contributed by atoms with van der Waals surface area (Å²) in [6.45, 7) is 4.73. The third-order valence-corrected chi connectivity index (χ3v) is 4.23. The normalized spacial score (nSPS) is 24.9. The van der Waals surface area contributed by atoms with E-state index < -0.39 is 0 Å². The predicted octanol–water partition coefficient (Wildman–Crippen LogP) is 1.65. The van der Waals surface area contributed by atoms with Crippen LogP contribution in [-0.2, 0) is 0 Å². The van der Waals surface area contributed by atoms with E-state index in [-0.39, 0.29) is 11.9 Å². The molecule has 3 rings (SSSR count). The summed E-state index contributed by atoms with van der Waals surface area (Å²) in [5.74, 6) is 0.195. The molecule has 0 radical (unpaired) electrons. The summed E-state index contributed by atoms with van der Waals surface area (Å²) >= 11 is 0. The van der Waals surface area contributed by atoms with Crippen molar-refractivity contribution < 1.29 is 4.79 Å². The Kier molecular flexibility index (Phi) is 3.12. The van der Waals surface area contributed by atoms with E-state index in [1.807, 2.05) is 17.0 Å². The smallest absolute Gasteiger partial charge is 0.270 e. The lowest BCUT2D eigenvalue weighted by atomic mass is 9.93. The molecule has 1 saturated heterocycles. The van der Waals surface area contributed by atoms with Gasteiger partial charge in [-0.15, -0.1) is 0 Å². The van der Waals surface area contributed by atoms with Crippen molar-refractivity contribution in [1.82, 2.24) is 14.8 Å². The van der Waals surface area contributed by atoms with E-state index in [1.165, 1.54) is 19.3 Å². The predicted molar refractivity (Wildman–Crippen MR) is 70.7 cm³/mol. The van der Waals surface area contributed by atoms with Crippen LogP contribution in [-0.4, -0.2) is 41.1 Å². The van der Waals surface area contributed by atoms with Crippen LogP contribution in [0.1, 0.15) is 42.7 Å². The summed E-state index contributed by atoms with van der Waals surface area (Å²) < 4.78 is 2.18. The van der Waals surface area contributed by atoms with Gasteiger partial charge in [0.15, 0.2) is 0 Å². The van der Waals surface area contributed by atoms with Gasteiger partial charge in [-0.3, -0.25) is 4.79 Å². The molecule has 4 heteroatoms. The van der Waals surface area contributed by atoms with Crippen molar-refractivity contribution >= 4 is 5.91 Å². The molecule has 0 spiro atoms. The standard InChI is InChI=1S/C14H21N3O/c1-11-10-15-7-9-16(11)14(18)13-6-3-8-17(13)12-4-2-5-12/h3,6,8,11-12,15H,2,4-5,7,9-10H2,1H3/t11-/m0/s1. The van der Waals surface area contributed by atoms with E-state index in [2.05, 4.69) is 23.0 Å². The van der Waals surface area contributed by atoms with Gasteiger partial charge in [0.2, 0.25) is 0 Å². The zero-order valence-electron chi connectivity index (χ0n) is 10.9. The number of nitrogens with one attached hydrogen (secondary N) is 1. The van der Waals surface area contributed by atoms with Crippen LogP contribution in [0.5, 0.6) is 0 Å². The molecule has 2 fully saturated rings. The highest BCUT2D eigenvalue weighted by molar-refractivity contribution is 5.93. The molecule has 1 aliphatic heterocycles. The van der Waals surface area contributed by atoms with Gasteiger partial charge >= 0.3 is 0 Å². The Morgan fingerprint density at radius 2 is 2.28 bits per heavy atom. The number of carbonyl (C=O) groups is 1. The Morgan fingerprint density at radius 1 is 1.44 bits per heavy atom. The molecule has 0 bridgehead atoms. The summed E-state index contributed by atoms with van der Waals surface area (Å²) in [7, 11) is 0. The minimum Gasteiger partial charge on any atom is -0.340 e. The number of rotatable bonds is 2. The average molecular weight is 247 g/mol. The quantitative estimate of drug-likeness (QED) is 0.862. The number of aromatic nitrogens is 1. The van der Waals surface area contributed by atoms with Crippen molar-refractivity contribution in [2.45, 2.75) is 38.3 Å². The molecule has 98 valence electrons. The van der Waals surface area contributed by atoms with Crippen LogP contribution in [0, 0.1) is 0 Å². The molecular formula is C14H21N3O. The average Bonchev–Trinajstić information content (AvgIpc) is 2.75. The van der Waals surface area contributed by atoms with Gasteiger partial charge in [0.1, 0.15) is 5.69 Å². The topological polar surface area (TPSA) is 37.3 Å². The molecule has 1 atom stereocenters. The van der Waals surface area contributed by atoms with Crippen LogP contribution in [0.3, 0.4) is 0 Å². The molecule has 1 aromatic heterocycles. The van der Waals surface area contributed by atoms with Crippen LogP contribution in [0.2, 0.25) is 0 Å². The molecule has 1 amide bonds. The first-order valence-corrected chi connectivity index (χ1v) is 6.96. The fraction of sp³-hybridized carbons (Fsp3) is 0.643. The second-order valence-electron chi connectivity index (χ2n) is 5.44. The number of nitrogens with zero attached hydrogens (tertiary/aromatic N) is 2. The molecular weight excluding hydrogens is 226 g/mol. The lowest BCUT2D eigenvalue weighted by Gasteiger charge is -2.35. The Labute approximate surface area is 108 Å². The Bertz CT molecular complexity index is 436. The summed E-state index contributed by atoms with van der Waals surface area (Å²) in [5.41, 5.74) is 0.869. The maximum atomic E-state index is 12.6. The maximum Gasteiger partial charge on any atom is 0.270 e. The molecule has 2 heterocycles. The lowest BCUT2D eigenvalue weighted by Crippen LogP contribution is -2.52. The van der Waals surface area contributed by atoms with E-state index in [0.717, 1.165) is 25.3 Å². The highest BCUT2D eigenvalue weighted by Gasteiger charge is 2.28. The molecule has 1 saturated carbocycles. The van der Waals surface area contributed by atoms with Gasteiger partial charge in [0.25, 0.3) is 5.91 Å². The fourth-order valence-electron chi connectivity index (χ4n) is 2.85. The van der Waals surface area contributed by atoms with Gasteiger partial charge in [0, 0.05) is 37.9 Å². The van der Waals surface area contributed by atoms with Crippen molar-refractivity contribution in [3.63, 3.8) is 0 Å². The minimum atomic E-state index is 0.195. The van der Waals surface area contributed by atoms with Crippen molar-refractivity contribution in [3.8, 4) is 0 Å². The first-order chi connectivity index (χ1) is 8.77. The summed E-state index contributed by atoms with van der Waals surface area (Å²) in [5, 5.41) is 3.32. The zero-order valence-corrected chi connectivity index (χ0v) is 10.9. The van der Waals surface area contributed by atoms with E-state index in [4.69, 9.17) is 0 Å². The maximum absolute atomic E-state index is 12.6. The molecule has 4 nitrogen and oxygen atoms in total. The largest absolute Gasteiger partial charge is 0.340 e. The minimum absolute atomic E-state index is 0.195. The lowest BCUT2D eigenvalue weighted by molar-refractivity contribution is 0.0638. The van der Waals surface area contributed by atoms with E-state index in [1.54, 1.807) is 0 Å². The van der Waals surface area contributed by atoms with E-state index in [9.17, 15) is 4.79 Å². The number of amides is 1. The highest BCUT2D eigenvalue weighted by atomic mass is 16.2. The third-order valence-electron chi connectivity index (χ3n) is 4.23. The Morgan fingerprint density at radius 3 is 2.94 bits per heavy atom. The van der Waals surface area contributed by atoms with Gasteiger partial charge in [0.05, 0.1) is 0 Å². The second kappa shape index (κ2) is 4.76. The summed E-state index contributed by atoms with van der Waals surface area (Å²) in [4.78, 5) is 14.6.